The van der Waals surface area contributed by atoms with Gasteiger partial charge in [-0.2, -0.15) is 14.4 Å². The Morgan fingerprint density at radius 2 is 1.77 bits per heavy atom. The number of anilines is 1. The zero-order valence-corrected chi connectivity index (χ0v) is 24.4. The van der Waals surface area contributed by atoms with Gasteiger partial charge in [0.15, 0.2) is 5.82 Å². The van der Waals surface area contributed by atoms with Crippen LogP contribution in [0.4, 0.5) is 10.2 Å². The van der Waals surface area contributed by atoms with Crippen molar-refractivity contribution in [3.63, 3.8) is 0 Å². The van der Waals surface area contributed by atoms with Gasteiger partial charge < -0.3 is 9.64 Å². The first-order valence-electron chi connectivity index (χ1n) is 13.3. The van der Waals surface area contributed by atoms with E-state index in [0.29, 0.717) is 50.9 Å². The van der Waals surface area contributed by atoms with Crippen LogP contribution in [0.15, 0.2) is 30.5 Å². The molecule has 0 radical (unpaired) electrons. The Morgan fingerprint density at radius 3 is 2.48 bits per heavy atom. The topological polar surface area (TPSA) is 96.7 Å². The summed E-state index contributed by atoms with van der Waals surface area (Å²) in [6, 6.07) is 6.86. The maximum absolute atomic E-state index is 13.8. The van der Waals surface area contributed by atoms with Gasteiger partial charge in [-0.25, -0.2) is 22.5 Å². The Morgan fingerprint density at radius 1 is 1.02 bits per heavy atom. The molecule has 1 aromatic carbocycles. The molecule has 6 rings (SSSR count). The van der Waals surface area contributed by atoms with E-state index in [1.165, 1.54) is 17.2 Å². The second-order valence-corrected chi connectivity index (χ2v) is 13.4. The first kappa shape index (κ1) is 27.2. The maximum atomic E-state index is 13.8. The predicted molar refractivity (Wildman–Crippen MR) is 154 cm³/mol. The molecule has 0 atom stereocenters. The molecular formula is C27H32FN7O3S2. The van der Waals surface area contributed by atoms with Gasteiger partial charge >= 0.3 is 0 Å². The van der Waals surface area contributed by atoms with Crippen molar-refractivity contribution in [1.29, 1.82) is 0 Å². The third-order valence-corrected chi connectivity index (χ3v) is 10.1. The maximum Gasteiger partial charge on any atom is 0.253 e. The number of aromatic nitrogens is 4. The minimum Gasteiger partial charge on any atom is -0.378 e. The first-order valence-corrected chi connectivity index (χ1v) is 16.0. The molecule has 0 aliphatic carbocycles. The molecular weight excluding hydrogens is 553 g/mol. The monoisotopic (exact) mass is 585 g/mol. The van der Waals surface area contributed by atoms with Gasteiger partial charge in [-0.1, -0.05) is 0 Å². The van der Waals surface area contributed by atoms with E-state index in [9.17, 15) is 12.8 Å². The van der Waals surface area contributed by atoms with Crippen LogP contribution >= 0.6 is 11.3 Å². The van der Waals surface area contributed by atoms with Crippen LogP contribution in [0.1, 0.15) is 16.0 Å². The van der Waals surface area contributed by atoms with Gasteiger partial charge in [-0.05, 0) is 49.2 Å². The number of fused-ring (bicyclic) bond motifs is 1. The highest BCUT2D eigenvalue weighted by atomic mass is 32.2. The molecule has 0 amide bonds. The van der Waals surface area contributed by atoms with E-state index in [1.807, 2.05) is 12.3 Å². The van der Waals surface area contributed by atoms with Crippen molar-refractivity contribution in [2.75, 3.05) is 63.6 Å². The van der Waals surface area contributed by atoms with Crippen LogP contribution in [-0.2, 0) is 21.3 Å². The molecule has 10 nitrogen and oxygen atoms in total. The second-order valence-electron chi connectivity index (χ2n) is 10.3. The van der Waals surface area contributed by atoms with Crippen LogP contribution in [0, 0.1) is 19.7 Å². The summed E-state index contributed by atoms with van der Waals surface area (Å²) < 4.78 is 47.5. The molecule has 0 bridgehead atoms. The van der Waals surface area contributed by atoms with E-state index in [0.717, 1.165) is 52.5 Å². The zero-order valence-electron chi connectivity index (χ0n) is 22.8. The smallest absolute Gasteiger partial charge is 0.253 e. The summed E-state index contributed by atoms with van der Waals surface area (Å²) >= 11 is 1.71. The summed E-state index contributed by atoms with van der Waals surface area (Å²) in [4.78, 5) is 15.7. The highest BCUT2D eigenvalue weighted by Gasteiger charge is 2.26. The van der Waals surface area contributed by atoms with Crippen LogP contribution in [-0.4, -0.2) is 96.1 Å². The quantitative estimate of drug-likeness (QED) is 0.341. The number of rotatable bonds is 6. The van der Waals surface area contributed by atoms with Crippen molar-refractivity contribution >= 4 is 37.4 Å². The molecule has 2 saturated heterocycles. The number of hydrogen-bond donors (Lipinski definition) is 0. The van der Waals surface area contributed by atoms with Gasteiger partial charge in [0.2, 0.25) is 10.0 Å². The van der Waals surface area contributed by atoms with Crippen molar-refractivity contribution in [3.05, 3.63) is 52.3 Å². The van der Waals surface area contributed by atoms with Gasteiger partial charge in [0, 0.05) is 62.5 Å². The number of thiophene rings is 1. The molecule has 2 aliphatic heterocycles. The SMILES string of the molecule is Cc1cc(-c2ccn(-c3nc(N4CCOCC4)c4sc(CN5CCN(S(C)(=O)=O)CC5)c(C)c4n3)n2)ccc1F. The number of sulfonamides is 1. The minimum atomic E-state index is -3.17. The number of ether oxygens (including phenoxy) is 1. The molecule has 5 heterocycles. The normalized spacial score (nSPS) is 17.6. The fourth-order valence-electron chi connectivity index (χ4n) is 5.17. The summed E-state index contributed by atoms with van der Waals surface area (Å²) in [7, 11) is -3.17. The van der Waals surface area contributed by atoms with E-state index in [-0.39, 0.29) is 5.82 Å². The zero-order chi connectivity index (χ0) is 28.0. The number of halogens is 1. The second kappa shape index (κ2) is 10.8. The highest BCUT2D eigenvalue weighted by molar-refractivity contribution is 7.88. The Labute approximate surface area is 237 Å². The highest BCUT2D eigenvalue weighted by Crippen LogP contribution is 2.37. The summed E-state index contributed by atoms with van der Waals surface area (Å²) in [6.07, 6.45) is 3.10. The summed E-state index contributed by atoms with van der Waals surface area (Å²) in [5.41, 5.74) is 4.12. The Balaban J connectivity index is 1.35. The summed E-state index contributed by atoms with van der Waals surface area (Å²) in [5, 5.41) is 4.74. The lowest BCUT2D eigenvalue weighted by Gasteiger charge is -2.33. The van der Waals surface area contributed by atoms with E-state index < -0.39 is 10.0 Å². The average Bonchev–Trinajstić information content (AvgIpc) is 3.56. The molecule has 3 aromatic heterocycles. The van der Waals surface area contributed by atoms with Crippen molar-refractivity contribution in [2.24, 2.45) is 0 Å². The number of aryl methyl sites for hydroxylation is 2. The summed E-state index contributed by atoms with van der Waals surface area (Å²) in [6.45, 7) is 9.70. The van der Waals surface area contributed by atoms with Crippen molar-refractivity contribution in [3.8, 4) is 17.2 Å². The van der Waals surface area contributed by atoms with Crippen molar-refractivity contribution < 1.29 is 17.5 Å². The van der Waals surface area contributed by atoms with Gasteiger partial charge in [0.1, 0.15) is 5.82 Å². The molecule has 0 spiro atoms. The van der Waals surface area contributed by atoms with E-state index in [2.05, 4.69) is 16.7 Å². The molecule has 2 aliphatic rings. The van der Waals surface area contributed by atoms with E-state index in [1.54, 1.807) is 39.4 Å². The number of benzene rings is 1. The van der Waals surface area contributed by atoms with E-state index in [4.69, 9.17) is 19.8 Å². The number of piperazine rings is 1. The first-order chi connectivity index (χ1) is 19.2. The van der Waals surface area contributed by atoms with Crippen LogP contribution in [0.25, 0.3) is 27.4 Å². The lowest BCUT2D eigenvalue weighted by atomic mass is 10.1. The standard InChI is InChI=1S/C27H32FN7O3S2/c1-18-16-20(4-5-21(18)28)22-6-7-35(31-22)27-29-24-19(2)23(17-32-8-10-34(11-9-32)40(3,36)37)39-25(24)26(30-27)33-12-14-38-15-13-33/h4-7,16H,8-15,17H2,1-3H3. The van der Waals surface area contributed by atoms with Crippen LogP contribution < -0.4 is 4.90 Å². The molecule has 0 N–H and O–H groups in total. The van der Waals surface area contributed by atoms with Gasteiger partial charge in [-0.3, -0.25) is 4.90 Å². The molecule has 0 unspecified atom stereocenters. The Hall–Kier alpha value is -2.97. The number of nitrogens with zero attached hydrogens (tertiary/aromatic N) is 7. The Kier molecular flexibility index (Phi) is 7.34. The fourth-order valence-corrected chi connectivity index (χ4v) is 7.30. The van der Waals surface area contributed by atoms with Crippen LogP contribution in [0.3, 0.4) is 0 Å². The van der Waals surface area contributed by atoms with E-state index >= 15 is 0 Å². The lowest BCUT2D eigenvalue weighted by Crippen LogP contribution is -2.47. The fraction of sp³-hybridized carbons (Fsp3) is 0.444. The molecule has 2 fully saturated rings. The number of hydrogen-bond acceptors (Lipinski definition) is 9. The molecule has 212 valence electrons. The Bertz CT molecular complexity index is 1660. The minimum absolute atomic E-state index is 0.242. The third-order valence-electron chi connectivity index (χ3n) is 7.56. The lowest BCUT2D eigenvalue weighted by molar-refractivity contribution is 0.122. The van der Waals surface area contributed by atoms with Crippen LogP contribution in [0.2, 0.25) is 0 Å². The van der Waals surface area contributed by atoms with Crippen LogP contribution in [0.5, 0.6) is 0 Å². The van der Waals surface area contributed by atoms with Gasteiger partial charge in [0.05, 0.1) is 35.4 Å². The predicted octanol–water partition coefficient (Wildman–Crippen LogP) is 3.21. The molecule has 13 heteroatoms. The average molecular weight is 586 g/mol. The number of morpholine rings is 1. The van der Waals surface area contributed by atoms with Gasteiger partial charge in [-0.15, -0.1) is 11.3 Å². The van der Waals surface area contributed by atoms with Crippen molar-refractivity contribution in [1.82, 2.24) is 29.0 Å². The largest absolute Gasteiger partial charge is 0.378 e. The third kappa shape index (κ3) is 5.36. The molecule has 0 saturated carbocycles. The summed E-state index contributed by atoms with van der Waals surface area (Å²) in [5.74, 6) is 1.11. The van der Waals surface area contributed by atoms with Crippen molar-refractivity contribution in [2.45, 2.75) is 20.4 Å². The van der Waals surface area contributed by atoms with Gasteiger partial charge in [0.25, 0.3) is 5.95 Å². The molecule has 40 heavy (non-hydrogen) atoms. The molecule has 4 aromatic rings.